The molecule has 1 unspecified atom stereocenters. The van der Waals surface area contributed by atoms with Crippen LogP contribution in [-0.2, 0) is 22.4 Å². The molecule has 0 aromatic heterocycles. The van der Waals surface area contributed by atoms with Crippen LogP contribution in [0.2, 0.25) is 0 Å². The van der Waals surface area contributed by atoms with E-state index in [9.17, 15) is 4.79 Å². The molecule has 2 N–H and O–H groups in total. The van der Waals surface area contributed by atoms with E-state index < -0.39 is 0 Å². The van der Waals surface area contributed by atoms with Crippen molar-refractivity contribution in [3.05, 3.63) is 29.3 Å². The fraction of sp³-hybridized carbons (Fsp3) is 0.562. The van der Waals surface area contributed by atoms with Crippen LogP contribution >= 0.6 is 0 Å². The average Bonchev–Trinajstić information content (AvgIpc) is 3.02. The maximum absolute atomic E-state index is 11.9. The van der Waals surface area contributed by atoms with Crippen molar-refractivity contribution in [3.8, 4) is 0 Å². The first kappa shape index (κ1) is 13.4. The van der Waals surface area contributed by atoms with Gasteiger partial charge in [0.2, 0.25) is 5.91 Å². The van der Waals surface area contributed by atoms with E-state index in [1.165, 1.54) is 23.2 Å². The SMILES string of the molecule is O=C(NCCc1cccc2c1NCCC2)C1CCOC1. The second-order valence-electron chi connectivity index (χ2n) is 5.58. The molecule has 1 fully saturated rings. The molecule has 1 saturated heterocycles. The van der Waals surface area contributed by atoms with Gasteiger partial charge in [0.1, 0.15) is 0 Å². The van der Waals surface area contributed by atoms with Crippen LogP contribution in [0.5, 0.6) is 0 Å². The highest BCUT2D eigenvalue weighted by Crippen LogP contribution is 2.26. The number of hydrogen-bond donors (Lipinski definition) is 2. The first-order valence-corrected chi connectivity index (χ1v) is 7.54. The van der Waals surface area contributed by atoms with Crippen LogP contribution in [0.15, 0.2) is 18.2 Å². The van der Waals surface area contributed by atoms with Crippen LogP contribution in [0.4, 0.5) is 5.69 Å². The number of carbonyl (C=O) groups is 1. The van der Waals surface area contributed by atoms with Crippen molar-refractivity contribution in [2.45, 2.75) is 25.7 Å². The molecule has 0 aliphatic carbocycles. The second-order valence-corrected chi connectivity index (χ2v) is 5.58. The normalized spacial score (nSPS) is 21.1. The highest BCUT2D eigenvalue weighted by Gasteiger charge is 2.23. The van der Waals surface area contributed by atoms with Gasteiger partial charge in [-0.1, -0.05) is 18.2 Å². The van der Waals surface area contributed by atoms with E-state index in [0.29, 0.717) is 19.8 Å². The topological polar surface area (TPSA) is 50.4 Å². The van der Waals surface area contributed by atoms with Crippen LogP contribution in [0.3, 0.4) is 0 Å². The van der Waals surface area contributed by atoms with Gasteiger partial charge in [-0.15, -0.1) is 0 Å². The van der Waals surface area contributed by atoms with Gasteiger partial charge in [-0.3, -0.25) is 4.79 Å². The number of amides is 1. The first-order chi connectivity index (χ1) is 9.84. The summed E-state index contributed by atoms with van der Waals surface area (Å²) in [6, 6.07) is 6.47. The molecule has 2 aliphatic heterocycles. The Balaban J connectivity index is 1.54. The van der Waals surface area contributed by atoms with Gasteiger partial charge in [0.25, 0.3) is 0 Å². The van der Waals surface area contributed by atoms with Gasteiger partial charge in [0, 0.05) is 25.4 Å². The Morgan fingerprint density at radius 2 is 2.40 bits per heavy atom. The first-order valence-electron chi connectivity index (χ1n) is 7.54. The molecule has 2 aliphatic rings. The molecule has 1 aromatic carbocycles. The minimum absolute atomic E-state index is 0.0535. The number of rotatable bonds is 4. The van der Waals surface area contributed by atoms with Crippen molar-refractivity contribution in [1.29, 1.82) is 0 Å². The van der Waals surface area contributed by atoms with Crippen molar-refractivity contribution >= 4 is 11.6 Å². The minimum Gasteiger partial charge on any atom is -0.385 e. The molecule has 2 heterocycles. The van der Waals surface area contributed by atoms with Crippen LogP contribution in [0, 0.1) is 5.92 Å². The van der Waals surface area contributed by atoms with E-state index in [-0.39, 0.29) is 11.8 Å². The number of anilines is 1. The van der Waals surface area contributed by atoms with Crippen LogP contribution in [-0.4, -0.2) is 32.2 Å². The molecule has 0 bridgehead atoms. The average molecular weight is 274 g/mol. The van der Waals surface area contributed by atoms with E-state index in [1.807, 2.05) is 0 Å². The molecule has 1 aromatic rings. The van der Waals surface area contributed by atoms with E-state index in [1.54, 1.807) is 0 Å². The third kappa shape index (κ3) is 2.96. The quantitative estimate of drug-likeness (QED) is 0.879. The summed E-state index contributed by atoms with van der Waals surface area (Å²) in [5.41, 5.74) is 4.01. The Labute approximate surface area is 119 Å². The fourth-order valence-corrected chi connectivity index (χ4v) is 3.00. The number of nitrogens with one attached hydrogen (secondary N) is 2. The third-order valence-electron chi connectivity index (χ3n) is 4.16. The zero-order valence-corrected chi connectivity index (χ0v) is 11.8. The summed E-state index contributed by atoms with van der Waals surface area (Å²) < 4.78 is 5.25. The van der Waals surface area contributed by atoms with Crippen molar-refractivity contribution in [3.63, 3.8) is 0 Å². The summed E-state index contributed by atoms with van der Waals surface area (Å²) in [6.45, 7) is 3.05. The highest BCUT2D eigenvalue weighted by molar-refractivity contribution is 5.79. The molecule has 1 amide bonds. The van der Waals surface area contributed by atoms with Crippen molar-refractivity contribution < 1.29 is 9.53 Å². The number of benzene rings is 1. The largest absolute Gasteiger partial charge is 0.385 e. The zero-order chi connectivity index (χ0) is 13.8. The number of hydrogen-bond acceptors (Lipinski definition) is 3. The minimum atomic E-state index is 0.0535. The summed E-state index contributed by atoms with van der Waals surface area (Å²) >= 11 is 0. The van der Waals surface area contributed by atoms with Gasteiger partial charge in [-0.2, -0.15) is 0 Å². The Bertz CT molecular complexity index is 481. The maximum Gasteiger partial charge on any atom is 0.225 e. The van der Waals surface area contributed by atoms with Gasteiger partial charge in [-0.25, -0.2) is 0 Å². The maximum atomic E-state index is 11.9. The number of para-hydroxylation sites is 1. The van der Waals surface area contributed by atoms with Gasteiger partial charge in [-0.05, 0) is 36.8 Å². The standard InChI is InChI=1S/C16H22N2O2/c19-16(14-7-10-20-11-14)18-9-6-13-4-1-3-12-5-2-8-17-15(12)13/h1,3-4,14,17H,2,5-11H2,(H,18,19). The number of ether oxygens (including phenoxy) is 1. The lowest BCUT2D eigenvalue weighted by Crippen LogP contribution is -2.32. The molecule has 3 rings (SSSR count). The predicted molar refractivity (Wildman–Crippen MR) is 78.9 cm³/mol. The third-order valence-corrected chi connectivity index (χ3v) is 4.16. The molecule has 20 heavy (non-hydrogen) atoms. The molecule has 0 radical (unpaired) electrons. The lowest BCUT2D eigenvalue weighted by Gasteiger charge is -2.21. The molecule has 4 heteroatoms. The number of aryl methyl sites for hydroxylation is 1. The predicted octanol–water partition coefficient (Wildman–Crippen LogP) is 1.74. The molecule has 4 nitrogen and oxygen atoms in total. The Morgan fingerprint density at radius 3 is 3.25 bits per heavy atom. The monoisotopic (exact) mass is 274 g/mol. The van der Waals surface area contributed by atoms with Crippen molar-refractivity contribution in [1.82, 2.24) is 5.32 Å². The van der Waals surface area contributed by atoms with E-state index >= 15 is 0 Å². The van der Waals surface area contributed by atoms with Gasteiger partial charge in [0.15, 0.2) is 0 Å². The molecule has 0 saturated carbocycles. The summed E-state index contributed by atoms with van der Waals surface area (Å²) in [6.07, 6.45) is 4.10. The second kappa shape index (κ2) is 6.27. The Hall–Kier alpha value is -1.55. The Kier molecular flexibility index (Phi) is 4.21. The Morgan fingerprint density at radius 1 is 1.45 bits per heavy atom. The van der Waals surface area contributed by atoms with Gasteiger partial charge >= 0.3 is 0 Å². The van der Waals surface area contributed by atoms with Crippen LogP contribution in [0.1, 0.15) is 24.0 Å². The lowest BCUT2D eigenvalue weighted by atomic mass is 9.98. The van der Waals surface area contributed by atoms with Crippen molar-refractivity contribution in [2.24, 2.45) is 5.92 Å². The summed E-state index contributed by atoms with van der Waals surface area (Å²) in [5, 5.41) is 6.52. The fourth-order valence-electron chi connectivity index (χ4n) is 3.00. The van der Waals surface area contributed by atoms with E-state index in [4.69, 9.17) is 4.74 Å². The molecule has 1 atom stereocenters. The number of fused-ring (bicyclic) bond motifs is 1. The highest BCUT2D eigenvalue weighted by atomic mass is 16.5. The summed E-state index contributed by atoms with van der Waals surface area (Å²) in [5.74, 6) is 0.193. The molecule has 108 valence electrons. The lowest BCUT2D eigenvalue weighted by molar-refractivity contribution is -0.124. The summed E-state index contributed by atoms with van der Waals surface area (Å²) in [4.78, 5) is 11.9. The zero-order valence-electron chi connectivity index (χ0n) is 11.8. The van der Waals surface area contributed by atoms with E-state index in [2.05, 4.69) is 28.8 Å². The van der Waals surface area contributed by atoms with E-state index in [0.717, 1.165) is 25.8 Å². The molecular formula is C16H22N2O2. The van der Waals surface area contributed by atoms with Gasteiger partial charge in [0.05, 0.1) is 12.5 Å². The van der Waals surface area contributed by atoms with Crippen molar-refractivity contribution in [2.75, 3.05) is 31.6 Å². The van der Waals surface area contributed by atoms with Crippen LogP contribution < -0.4 is 10.6 Å². The number of carbonyl (C=O) groups excluding carboxylic acids is 1. The molecular weight excluding hydrogens is 252 g/mol. The van der Waals surface area contributed by atoms with Crippen LogP contribution in [0.25, 0.3) is 0 Å². The summed E-state index contributed by atoms with van der Waals surface area (Å²) in [7, 11) is 0. The van der Waals surface area contributed by atoms with Gasteiger partial charge < -0.3 is 15.4 Å². The molecule has 0 spiro atoms. The smallest absolute Gasteiger partial charge is 0.225 e.